The molecule has 4 nitrogen and oxygen atoms in total. The fourth-order valence-corrected chi connectivity index (χ4v) is 3.19. The average Bonchev–Trinajstić information content (AvgIpc) is 3.03. The molecule has 0 radical (unpaired) electrons. The largest absolute Gasteiger partial charge is 0.342 e. The molecular formula is C18H18ClN3OS. The Labute approximate surface area is 150 Å². The van der Waals surface area contributed by atoms with Crippen LogP contribution in [0, 0.1) is 0 Å². The molecule has 0 saturated heterocycles. The summed E-state index contributed by atoms with van der Waals surface area (Å²) in [5.41, 5.74) is 2.34. The average molecular weight is 360 g/mol. The molecule has 1 atom stereocenters. The summed E-state index contributed by atoms with van der Waals surface area (Å²) >= 11 is 7.77. The molecule has 0 aliphatic carbocycles. The quantitative estimate of drug-likeness (QED) is 0.642. The number of nitrogens with zero attached hydrogens (tertiary/aromatic N) is 1. The Morgan fingerprint density at radius 1 is 1.33 bits per heavy atom. The van der Waals surface area contributed by atoms with Crippen LogP contribution < -0.4 is 5.32 Å². The summed E-state index contributed by atoms with van der Waals surface area (Å²) in [5.74, 6) is 0.562. The lowest BCUT2D eigenvalue weighted by Crippen LogP contribution is -2.29. The third-order valence-corrected chi connectivity index (χ3v) is 4.92. The maximum Gasteiger partial charge on any atom is 0.253 e. The topological polar surface area (TPSA) is 57.8 Å². The van der Waals surface area contributed by atoms with Gasteiger partial charge in [-0.05, 0) is 43.0 Å². The van der Waals surface area contributed by atoms with E-state index < -0.39 is 0 Å². The Hall–Kier alpha value is -1.98. The number of amides is 1. The maximum atomic E-state index is 12.6. The molecule has 0 saturated carbocycles. The van der Waals surface area contributed by atoms with E-state index in [1.54, 1.807) is 17.8 Å². The number of hydrogen-bond acceptors (Lipinski definition) is 3. The molecule has 6 heteroatoms. The van der Waals surface area contributed by atoms with Gasteiger partial charge in [-0.3, -0.25) is 4.79 Å². The van der Waals surface area contributed by atoms with Gasteiger partial charge in [0.1, 0.15) is 5.82 Å². The molecule has 1 heterocycles. The Morgan fingerprint density at radius 3 is 2.83 bits per heavy atom. The van der Waals surface area contributed by atoms with Crippen LogP contribution in [0.25, 0.3) is 11.0 Å². The molecule has 1 aromatic heterocycles. The fourth-order valence-electron chi connectivity index (χ4n) is 2.54. The molecule has 124 valence electrons. The van der Waals surface area contributed by atoms with Crippen molar-refractivity contribution in [1.82, 2.24) is 15.3 Å². The zero-order valence-electron chi connectivity index (χ0n) is 13.5. The number of halogens is 1. The molecule has 0 fully saturated rings. The minimum Gasteiger partial charge on any atom is -0.342 e. The molecule has 3 rings (SSSR count). The van der Waals surface area contributed by atoms with Gasteiger partial charge in [-0.25, -0.2) is 4.98 Å². The van der Waals surface area contributed by atoms with Gasteiger partial charge in [0, 0.05) is 4.90 Å². The number of carbonyl (C=O) groups excluding carboxylic acids is 1. The van der Waals surface area contributed by atoms with Crippen LogP contribution in [0.5, 0.6) is 0 Å². The van der Waals surface area contributed by atoms with E-state index in [2.05, 4.69) is 15.3 Å². The predicted molar refractivity (Wildman–Crippen MR) is 99.8 cm³/mol. The molecular weight excluding hydrogens is 342 g/mol. The normalized spacial score (nSPS) is 12.3. The van der Waals surface area contributed by atoms with Crippen LogP contribution in [0.4, 0.5) is 0 Å². The van der Waals surface area contributed by atoms with Crippen molar-refractivity contribution in [3.8, 4) is 0 Å². The summed E-state index contributed by atoms with van der Waals surface area (Å²) in [4.78, 5) is 21.5. The van der Waals surface area contributed by atoms with E-state index in [0.717, 1.165) is 28.2 Å². The van der Waals surface area contributed by atoms with Crippen LogP contribution in [-0.4, -0.2) is 22.1 Å². The number of para-hydroxylation sites is 2. The fraction of sp³-hybridized carbons (Fsp3) is 0.222. The SMILES string of the molecule is CCC(NC(=O)c1cc(SC)ccc1Cl)c1nc2ccccc2[nH]1. The van der Waals surface area contributed by atoms with E-state index in [4.69, 9.17) is 11.6 Å². The van der Waals surface area contributed by atoms with Crippen molar-refractivity contribution in [3.63, 3.8) is 0 Å². The van der Waals surface area contributed by atoms with Gasteiger partial charge in [0.15, 0.2) is 0 Å². The van der Waals surface area contributed by atoms with Gasteiger partial charge in [-0.2, -0.15) is 0 Å². The lowest BCUT2D eigenvalue weighted by atomic mass is 10.1. The standard InChI is InChI=1S/C18H18ClN3OS/c1-3-14(17-20-15-6-4-5-7-16(15)21-17)22-18(23)12-10-11(24-2)8-9-13(12)19/h4-10,14H,3H2,1-2H3,(H,20,21)(H,22,23). The Balaban J connectivity index is 1.86. The van der Waals surface area contributed by atoms with E-state index >= 15 is 0 Å². The van der Waals surface area contributed by atoms with Gasteiger partial charge in [-0.15, -0.1) is 11.8 Å². The zero-order valence-corrected chi connectivity index (χ0v) is 15.0. The van der Waals surface area contributed by atoms with Crippen LogP contribution in [0.3, 0.4) is 0 Å². The molecule has 1 amide bonds. The van der Waals surface area contributed by atoms with Crippen molar-refractivity contribution in [1.29, 1.82) is 0 Å². The summed E-state index contributed by atoms with van der Waals surface area (Å²) < 4.78 is 0. The zero-order chi connectivity index (χ0) is 17.1. The van der Waals surface area contributed by atoms with Crippen molar-refractivity contribution in [3.05, 3.63) is 58.9 Å². The highest BCUT2D eigenvalue weighted by Gasteiger charge is 2.19. The molecule has 0 spiro atoms. The number of H-pyrrole nitrogens is 1. The van der Waals surface area contributed by atoms with Gasteiger partial charge in [0.2, 0.25) is 0 Å². The van der Waals surface area contributed by atoms with E-state index in [0.29, 0.717) is 10.6 Å². The molecule has 0 aliphatic rings. The smallest absolute Gasteiger partial charge is 0.253 e. The number of rotatable bonds is 5. The third kappa shape index (κ3) is 3.42. The monoisotopic (exact) mass is 359 g/mol. The van der Waals surface area contributed by atoms with Crippen LogP contribution >= 0.6 is 23.4 Å². The minimum atomic E-state index is -0.195. The van der Waals surface area contributed by atoms with Gasteiger partial charge < -0.3 is 10.3 Å². The van der Waals surface area contributed by atoms with Gasteiger partial charge in [0.25, 0.3) is 5.91 Å². The number of carbonyl (C=O) groups is 1. The molecule has 1 unspecified atom stereocenters. The highest BCUT2D eigenvalue weighted by Crippen LogP contribution is 2.24. The number of benzene rings is 2. The van der Waals surface area contributed by atoms with Crippen molar-refractivity contribution in [2.75, 3.05) is 6.26 Å². The molecule has 3 aromatic rings. The molecule has 0 bridgehead atoms. The number of fused-ring (bicyclic) bond motifs is 1. The van der Waals surface area contributed by atoms with Crippen molar-refractivity contribution < 1.29 is 4.79 Å². The molecule has 0 aliphatic heterocycles. The Kier molecular flexibility index (Phi) is 5.11. The van der Waals surface area contributed by atoms with E-state index in [-0.39, 0.29) is 11.9 Å². The van der Waals surface area contributed by atoms with Crippen LogP contribution in [0.1, 0.15) is 35.6 Å². The van der Waals surface area contributed by atoms with E-state index in [1.165, 1.54) is 0 Å². The second-order valence-electron chi connectivity index (χ2n) is 5.42. The number of aromatic amines is 1. The number of nitrogens with one attached hydrogen (secondary N) is 2. The van der Waals surface area contributed by atoms with E-state index in [1.807, 2.05) is 49.6 Å². The number of hydrogen-bond donors (Lipinski definition) is 2. The molecule has 24 heavy (non-hydrogen) atoms. The highest BCUT2D eigenvalue weighted by molar-refractivity contribution is 7.98. The molecule has 2 N–H and O–H groups in total. The Bertz CT molecular complexity index is 845. The van der Waals surface area contributed by atoms with Crippen LogP contribution in [-0.2, 0) is 0 Å². The van der Waals surface area contributed by atoms with Gasteiger partial charge in [-0.1, -0.05) is 30.7 Å². The first-order chi connectivity index (χ1) is 11.6. The van der Waals surface area contributed by atoms with Crippen LogP contribution in [0.15, 0.2) is 47.4 Å². The summed E-state index contributed by atoms with van der Waals surface area (Å²) in [6, 6.07) is 13.1. The second kappa shape index (κ2) is 7.28. The van der Waals surface area contributed by atoms with E-state index in [9.17, 15) is 4.79 Å². The number of thioether (sulfide) groups is 1. The van der Waals surface area contributed by atoms with Crippen LogP contribution in [0.2, 0.25) is 5.02 Å². The van der Waals surface area contributed by atoms with Gasteiger partial charge >= 0.3 is 0 Å². The summed E-state index contributed by atoms with van der Waals surface area (Å²) in [7, 11) is 0. The third-order valence-electron chi connectivity index (χ3n) is 3.87. The summed E-state index contributed by atoms with van der Waals surface area (Å²) in [6.45, 7) is 2.01. The number of imidazole rings is 1. The van der Waals surface area contributed by atoms with Crippen molar-refractivity contribution in [2.45, 2.75) is 24.3 Å². The first-order valence-electron chi connectivity index (χ1n) is 7.71. The summed E-state index contributed by atoms with van der Waals surface area (Å²) in [6.07, 6.45) is 2.69. The van der Waals surface area contributed by atoms with Crippen molar-refractivity contribution in [2.24, 2.45) is 0 Å². The highest BCUT2D eigenvalue weighted by atomic mass is 35.5. The first-order valence-corrected chi connectivity index (χ1v) is 9.31. The Morgan fingerprint density at radius 2 is 2.12 bits per heavy atom. The lowest BCUT2D eigenvalue weighted by molar-refractivity contribution is 0.0934. The first kappa shape index (κ1) is 16.9. The van der Waals surface area contributed by atoms with Gasteiger partial charge in [0.05, 0.1) is 27.7 Å². The lowest BCUT2D eigenvalue weighted by Gasteiger charge is -2.15. The number of aromatic nitrogens is 2. The maximum absolute atomic E-state index is 12.6. The summed E-state index contributed by atoms with van der Waals surface area (Å²) in [5, 5.41) is 3.47. The predicted octanol–water partition coefficient (Wildman–Crippen LogP) is 4.82. The minimum absolute atomic E-state index is 0.191. The second-order valence-corrected chi connectivity index (χ2v) is 6.71. The van der Waals surface area contributed by atoms with Crippen molar-refractivity contribution >= 4 is 40.3 Å². The molecule has 2 aromatic carbocycles.